The fourth-order valence-corrected chi connectivity index (χ4v) is 1.90. The van der Waals surface area contributed by atoms with Crippen LogP contribution in [-0.2, 0) is 9.59 Å². The van der Waals surface area contributed by atoms with E-state index in [-0.39, 0.29) is 0 Å². The molecule has 136 valence electrons. The lowest BCUT2D eigenvalue weighted by Gasteiger charge is -2.12. The molecule has 0 bridgehead atoms. The first-order valence-electron chi connectivity index (χ1n) is 7.86. The van der Waals surface area contributed by atoms with E-state index < -0.39 is 11.9 Å². The minimum atomic E-state index is -1.82. The molecule has 7 heteroatoms. The van der Waals surface area contributed by atoms with Crippen LogP contribution in [0.15, 0.2) is 18.2 Å². The lowest BCUT2D eigenvalue weighted by atomic mass is 10.2. The summed E-state index contributed by atoms with van der Waals surface area (Å²) >= 11 is 5.90. The number of benzene rings is 1. The summed E-state index contributed by atoms with van der Waals surface area (Å²) < 4.78 is 5.74. The summed E-state index contributed by atoms with van der Waals surface area (Å²) in [6, 6.07) is 6.36. The number of rotatable bonds is 8. The zero-order valence-electron chi connectivity index (χ0n) is 14.3. The maximum atomic E-state index is 9.10. The monoisotopic (exact) mass is 359 g/mol. The number of unbranched alkanes of at least 4 members (excludes halogenated alkanes) is 1. The Balaban J connectivity index is 0.000000754. The fourth-order valence-electron chi connectivity index (χ4n) is 1.68. The second kappa shape index (κ2) is 12.6. The normalized spacial score (nSPS) is 11.2. The number of hydrogen-bond donors (Lipinski definition) is 3. The second-order valence-electron chi connectivity index (χ2n) is 5.34. The Bertz CT molecular complexity index is 510. The zero-order valence-corrected chi connectivity index (χ0v) is 15.1. The molecule has 0 aliphatic carbocycles. The number of carbonyl (C=O) groups is 2. The summed E-state index contributed by atoms with van der Waals surface area (Å²) in [5, 5.41) is 19.0. The molecule has 1 aromatic rings. The molecule has 3 N–H and O–H groups in total. The van der Waals surface area contributed by atoms with Crippen molar-refractivity contribution in [3.8, 4) is 5.75 Å². The third-order valence-electron chi connectivity index (χ3n) is 3.25. The van der Waals surface area contributed by atoms with E-state index in [0.717, 1.165) is 42.3 Å². The zero-order chi connectivity index (χ0) is 18.5. The highest BCUT2D eigenvalue weighted by Crippen LogP contribution is 2.21. The van der Waals surface area contributed by atoms with Crippen molar-refractivity contribution in [3.63, 3.8) is 0 Å². The van der Waals surface area contributed by atoms with Gasteiger partial charge in [-0.05, 0) is 63.4 Å². The van der Waals surface area contributed by atoms with Gasteiger partial charge in [0.15, 0.2) is 0 Å². The van der Waals surface area contributed by atoms with E-state index in [4.69, 9.17) is 36.1 Å². The summed E-state index contributed by atoms with van der Waals surface area (Å²) in [4.78, 5) is 18.2. The lowest BCUT2D eigenvalue weighted by Crippen LogP contribution is -2.26. The third kappa shape index (κ3) is 10.9. The Morgan fingerprint density at radius 2 is 1.88 bits per heavy atom. The van der Waals surface area contributed by atoms with Crippen molar-refractivity contribution >= 4 is 23.5 Å². The van der Waals surface area contributed by atoms with Crippen LogP contribution in [0.25, 0.3) is 0 Å². The van der Waals surface area contributed by atoms with Crippen molar-refractivity contribution in [1.82, 2.24) is 5.32 Å². The summed E-state index contributed by atoms with van der Waals surface area (Å²) in [7, 11) is 0. The molecule has 0 saturated carbocycles. The van der Waals surface area contributed by atoms with Gasteiger partial charge in [0.1, 0.15) is 5.75 Å². The predicted octanol–water partition coefficient (Wildman–Crippen LogP) is 3.35. The van der Waals surface area contributed by atoms with Crippen LogP contribution in [0.4, 0.5) is 0 Å². The van der Waals surface area contributed by atoms with Crippen LogP contribution >= 0.6 is 11.6 Å². The Labute approximate surface area is 147 Å². The molecule has 24 heavy (non-hydrogen) atoms. The van der Waals surface area contributed by atoms with Crippen molar-refractivity contribution in [2.75, 3.05) is 13.2 Å². The van der Waals surface area contributed by atoms with Gasteiger partial charge in [-0.15, -0.1) is 0 Å². The SMILES string of the molecule is CCC(C)NCCCCOc1ccc(Cl)cc1C.O=C(O)C(=O)O. The highest BCUT2D eigenvalue weighted by molar-refractivity contribution is 6.30. The van der Waals surface area contributed by atoms with Crippen molar-refractivity contribution in [1.29, 1.82) is 0 Å². The van der Waals surface area contributed by atoms with Crippen LogP contribution in [0.2, 0.25) is 5.02 Å². The van der Waals surface area contributed by atoms with Gasteiger partial charge in [0.25, 0.3) is 0 Å². The van der Waals surface area contributed by atoms with Crippen LogP contribution in [0, 0.1) is 6.92 Å². The molecule has 0 aliphatic heterocycles. The molecule has 1 unspecified atom stereocenters. The van der Waals surface area contributed by atoms with Gasteiger partial charge in [0, 0.05) is 11.1 Å². The van der Waals surface area contributed by atoms with Gasteiger partial charge >= 0.3 is 11.9 Å². The maximum Gasteiger partial charge on any atom is 0.414 e. The molecule has 1 aromatic carbocycles. The Morgan fingerprint density at radius 1 is 1.25 bits per heavy atom. The van der Waals surface area contributed by atoms with E-state index in [0.29, 0.717) is 6.04 Å². The van der Waals surface area contributed by atoms with Crippen molar-refractivity contribution in [3.05, 3.63) is 28.8 Å². The smallest absolute Gasteiger partial charge is 0.414 e. The van der Waals surface area contributed by atoms with Gasteiger partial charge in [0.05, 0.1) is 6.61 Å². The fraction of sp³-hybridized carbons (Fsp3) is 0.529. The van der Waals surface area contributed by atoms with Crippen LogP contribution in [0.5, 0.6) is 5.75 Å². The third-order valence-corrected chi connectivity index (χ3v) is 3.49. The topological polar surface area (TPSA) is 95.9 Å². The molecule has 0 heterocycles. The van der Waals surface area contributed by atoms with Crippen LogP contribution in [0.1, 0.15) is 38.7 Å². The van der Waals surface area contributed by atoms with E-state index in [9.17, 15) is 0 Å². The first-order chi connectivity index (χ1) is 11.3. The number of aliphatic carboxylic acids is 2. The quantitative estimate of drug-likeness (QED) is 0.486. The van der Waals surface area contributed by atoms with Crippen molar-refractivity contribution in [2.45, 2.75) is 46.1 Å². The lowest BCUT2D eigenvalue weighted by molar-refractivity contribution is -0.159. The highest BCUT2D eigenvalue weighted by Gasteiger charge is 2.04. The molecule has 6 nitrogen and oxygen atoms in total. The molecule has 0 spiro atoms. The van der Waals surface area contributed by atoms with E-state index in [1.165, 1.54) is 6.42 Å². The second-order valence-corrected chi connectivity index (χ2v) is 5.78. The van der Waals surface area contributed by atoms with Crippen LogP contribution < -0.4 is 10.1 Å². The molecular formula is C17H26ClNO5. The van der Waals surface area contributed by atoms with Gasteiger partial charge in [-0.3, -0.25) is 0 Å². The molecule has 0 radical (unpaired) electrons. The van der Waals surface area contributed by atoms with E-state index >= 15 is 0 Å². The van der Waals surface area contributed by atoms with E-state index in [2.05, 4.69) is 19.2 Å². The summed E-state index contributed by atoms with van der Waals surface area (Å²) in [5.41, 5.74) is 1.10. The molecule has 0 saturated heterocycles. The number of carboxylic acid groups (broad SMARTS) is 2. The molecular weight excluding hydrogens is 334 g/mol. The average molecular weight is 360 g/mol. The number of carboxylic acids is 2. The molecule has 0 fully saturated rings. The van der Waals surface area contributed by atoms with Gasteiger partial charge in [-0.25, -0.2) is 9.59 Å². The Kier molecular flexibility index (Phi) is 11.7. The van der Waals surface area contributed by atoms with E-state index in [1.807, 2.05) is 25.1 Å². The first kappa shape index (κ1) is 22.2. The summed E-state index contributed by atoms with van der Waals surface area (Å²) in [6.07, 6.45) is 3.41. The van der Waals surface area contributed by atoms with Gasteiger partial charge in [-0.1, -0.05) is 18.5 Å². The first-order valence-corrected chi connectivity index (χ1v) is 8.24. The Morgan fingerprint density at radius 3 is 2.38 bits per heavy atom. The van der Waals surface area contributed by atoms with Gasteiger partial charge < -0.3 is 20.3 Å². The Hall–Kier alpha value is -1.79. The molecule has 1 atom stereocenters. The predicted molar refractivity (Wildman–Crippen MR) is 93.9 cm³/mol. The number of aryl methyl sites for hydroxylation is 1. The molecule has 0 aliphatic rings. The van der Waals surface area contributed by atoms with Crippen LogP contribution in [0.3, 0.4) is 0 Å². The number of halogens is 1. The van der Waals surface area contributed by atoms with Gasteiger partial charge in [0.2, 0.25) is 0 Å². The number of ether oxygens (including phenoxy) is 1. The summed E-state index contributed by atoms with van der Waals surface area (Å²) in [5.74, 6) is -2.71. The number of nitrogens with one attached hydrogen (secondary N) is 1. The van der Waals surface area contributed by atoms with Crippen molar-refractivity contribution < 1.29 is 24.5 Å². The largest absolute Gasteiger partial charge is 0.493 e. The molecule has 0 aromatic heterocycles. The minimum Gasteiger partial charge on any atom is -0.493 e. The number of hydrogen-bond acceptors (Lipinski definition) is 4. The highest BCUT2D eigenvalue weighted by atomic mass is 35.5. The maximum absolute atomic E-state index is 9.10. The standard InChI is InChI=1S/C15H24ClNO.C2H2O4/c1-4-13(3)17-9-5-6-10-18-15-8-7-14(16)11-12(15)2;3-1(4)2(5)6/h7-8,11,13,17H,4-6,9-10H2,1-3H3;(H,3,4)(H,5,6). The summed E-state index contributed by atoms with van der Waals surface area (Å²) in [6.45, 7) is 8.27. The van der Waals surface area contributed by atoms with E-state index in [1.54, 1.807) is 0 Å². The minimum absolute atomic E-state index is 0.615. The van der Waals surface area contributed by atoms with Crippen LogP contribution in [-0.4, -0.2) is 41.3 Å². The average Bonchev–Trinajstić information content (AvgIpc) is 2.52. The van der Waals surface area contributed by atoms with Gasteiger partial charge in [-0.2, -0.15) is 0 Å². The molecule has 0 amide bonds. The molecule has 1 rings (SSSR count). The van der Waals surface area contributed by atoms with Crippen molar-refractivity contribution in [2.24, 2.45) is 0 Å².